The van der Waals surface area contributed by atoms with Gasteiger partial charge >= 0.3 is 0 Å². The molecule has 0 atom stereocenters. The van der Waals surface area contributed by atoms with Gasteiger partial charge in [-0.1, -0.05) is 36.4 Å². The van der Waals surface area contributed by atoms with Crippen molar-refractivity contribution < 1.29 is 8.42 Å². The van der Waals surface area contributed by atoms with Crippen molar-refractivity contribution in [1.82, 2.24) is 0 Å². The molecule has 0 aliphatic rings. The van der Waals surface area contributed by atoms with Crippen molar-refractivity contribution >= 4 is 22.1 Å². The number of hydrogen-bond acceptors (Lipinski definition) is 3. The Morgan fingerprint density at radius 1 is 0.882 bits per heavy atom. The van der Waals surface area contributed by atoms with Crippen LogP contribution in [0, 0.1) is 0 Å². The molecule has 2 aromatic rings. The first-order valence-electron chi connectivity index (χ1n) is 5.27. The summed E-state index contributed by atoms with van der Waals surface area (Å²) in [7, 11) is -2.41. The van der Waals surface area contributed by atoms with Gasteiger partial charge in [0.05, 0.1) is 5.75 Å². The lowest BCUT2D eigenvalue weighted by Crippen LogP contribution is -1.96. The lowest BCUT2D eigenvalue weighted by atomic mass is 10.2. The van der Waals surface area contributed by atoms with Crippen LogP contribution in [0.25, 0.3) is 0 Å². The molecule has 0 spiro atoms. The summed E-state index contributed by atoms with van der Waals surface area (Å²) < 4.78 is 21.6. The molecule has 0 heterocycles. The average molecular weight is 247 g/mol. The van der Waals surface area contributed by atoms with E-state index >= 15 is 0 Å². The molecule has 2 aromatic carbocycles. The number of rotatable bonds is 4. The van der Waals surface area contributed by atoms with E-state index in [2.05, 4.69) is 5.32 Å². The van der Waals surface area contributed by atoms with E-state index in [-0.39, 0.29) is 5.75 Å². The SMILES string of the molecule is O=[SH](=O)Cc1ccccc1Nc1ccccc1. The summed E-state index contributed by atoms with van der Waals surface area (Å²) in [6.07, 6.45) is 0. The van der Waals surface area contributed by atoms with Gasteiger partial charge in [-0.25, -0.2) is 8.42 Å². The van der Waals surface area contributed by atoms with Crippen LogP contribution >= 0.6 is 0 Å². The van der Waals surface area contributed by atoms with Crippen LogP contribution in [0.4, 0.5) is 11.4 Å². The Morgan fingerprint density at radius 2 is 1.53 bits per heavy atom. The predicted octanol–water partition coefficient (Wildman–Crippen LogP) is 2.54. The predicted molar refractivity (Wildman–Crippen MR) is 70.2 cm³/mol. The summed E-state index contributed by atoms with van der Waals surface area (Å²) in [6.45, 7) is 0. The van der Waals surface area contributed by atoms with E-state index in [0.29, 0.717) is 0 Å². The van der Waals surface area contributed by atoms with Crippen LogP contribution in [0.15, 0.2) is 54.6 Å². The third-order valence-electron chi connectivity index (χ3n) is 2.37. The summed E-state index contributed by atoms with van der Waals surface area (Å²) in [6, 6.07) is 17.1. The number of hydrogen-bond donors (Lipinski definition) is 2. The smallest absolute Gasteiger partial charge is 0.144 e. The Morgan fingerprint density at radius 3 is 2.24 bits per heavy atom. The van der Waals surface area contributed by atoms with Gasteiger partial charge in [0.25, 0.3) is 0 Å². The van der Waals surface area contributed by atoms with Gasteiger partial charge in [0.2, 0.25) is 0 Å². The van der Waals surface area contributed by atoms with Crippen LogP contribution in [0.5, 0.6) is 0 Å². The van der Waals surface area contributed by atoms with Crippen LogP contribution in [0.1, 0.15) is 5.56 Å². The summed E-state index contributed by atoms with van der Waals surface area (Å²) in [5.41, 5.74) is 2.56. The Kier molecular flexibility index (Phi) is 3.77. The third-order valence-corrected chi connectivity index (χ3v) is 2.97. The van der Waals surface area contributed by atoms with Crippen molar-refractivity contribution in [3.8, 4) is 0 Å². The van der Waals surface area contributed by atoms with Gasteiger partial charge in [0, 0.05) is 11.4 Å². The highest BCUT2D eigenvalue weighted by Crippen LogP contribution is 2.20. The van der Waals surface area contributed by atoms with Crippen LogP contribution in [-0.4, -0.2) is 8.42 Å². The van der Waals surface area contributed by atoms with Crippen LogP contribution in [0.3, 0.4) is 0 Å². The molecule has 0 aliphatic carbocycles. The molecule has 0 saturated heterocycles. The first kappa shape index (κ1) is 11.7. The number of benzene rings is 2. The Bertz CT molecular complexity index is 557. The minimum atomic E-state index is -2.41. The van der Waals surface area contributed by atoms with Crippen molar-refractivity contribution in [2.45, 2.75) is 5.75 Å². The Hall–Kier alpha value is -1.81. The molecule has 1 N–H and O–H groups in total. The second-order valence-electron chi connectivity index (χ2n) is 3.64. The first-order chi connectivity index (χ1) is 8.25. The molecule has 0 unspecified atom stereocenters. The summed E-state index contributed by atoms with van der Waals surface area (Å²) in [4.78, 5) is 0. The second-order valence-corrected chi connectivity index (χ2v) is 4.62. The van der Waals surface area contributed by atoms with Gasteiger partial charge in [-0.15, -0.1) is 0 Å². The highest BCUT2D eigenvalue weighted by Gasteiger charge is 2.02. The molecule has 0 saturated carbocycles. The molecule has 0 aliphatic heterocycles. The largest absolute Gasteiger partial charge is 0.355 e. The van der Waals surface area contributed by atoms with Gasteiger partial charge < -0.3 is 5.32 Å². The van der Waals surface area contributed by atoms with Gasteiger partial charge in [0.15, 0.2) is 0 Å². The van der Waals surface area contributed by atoms with E-state index in [9.17, 15) is 8.42 Å². The third kappa shape index (κ3) is 3.32. The van der Waals surface area contributed by atoms with Gasteiger partial charge in [0.1, 0.15) is 10.7 Å². The normalized spacial score (nSPS) is 10.4. The Balaban J connectivity index is 2.26. The molecule has 0 fully saturated rings. The lowest BCUT2D eigenvalue weighted by molar-refractivity contribution is 0.614. The van der Waals surface area contributed by atoms with Gasteiger partial charge in [-0.2, -0.15) is 0 Å². The molecule has 88 valence electrons. The first-order valence-corrected chi connectivity index (χ1v) is 6.64. The zero-order valence-electron chi connectivity index (χ0n) is 9.17. The van der Waals surface area contributed by atoms with Crippen LogP contribution in [0.2, 0.25) is 0 Å². The van der Waals surface area contributed by atoms with Crippen LogP contribution in [-0.2, 0) is 16.5 Å². The molecule has 2 rings (SSSR count). The zero-order valence-corrected chi connectivity index (χ0v) is 10.1. The van der Waals surface area contributed by atoms with Crippen molar-refractivity contribution in [3.05, 3.63) is 60.2 Å². The zero-order chi connectivity index (χ0) is 12.1. The summed E-state index contributed by atoms with van der Waals surface area (Å²) >= 11 is 0. The summed E-state index contributed by atoms with van der Waals surface area (Å²) in [5.74, 6) is 0.0609. The highest BCUT2D eigenvalue weighted by atomic mass is 32.2. The summed E-state index contributed by atoms with van der Waals surface area (Å²) in [5, 5.41) is 3.21. The molecule has 0 aromatic heterocycles. The molecule has 4 heteroatoms. The number of nitrogens with one attached hydrogen (secondary N) is 1. The standard InChI is InChI=1S/C13H13NO2S/c15-17(16)10-11-6-4-5-9-13(11)14-12-7-2-1-3-8-12/h1-9,14,17H,10H2. The minimum absolute atomic E-state index is 0.0609. The average Bonchev–Trinajstić information content (AvgIpc) is 2.32. The molecular formula is C13H13NO2S. The number of anilines is 2. The molecule has 0 radical (unpaired) electrons. The van der Waals surface area contributed by atoms with E-state index in [4.69, 9.17) is 0 Å². The monoisotopic (exact) mass is 247 g/mol. The van der Waals surface area contributed by atoms with Crippen LogP contribution < -0.4 is 5.32 Å². The molecular weight excluding hydrogens is 234 g/mol. The van der Waals surface area contributed by atoms with Gasteiger partial charge in [-0.05, 0) is 23.8 Å². The fourth-order valence-electron chi connectivity index (χ4n) is 1.60. The fraction of sp³-hybridized carbons (Fsp3) is 0.0769. The maximum atomic E-state index is 10.8. The number of para-hydroxylation sites is 2. The van der Waals surface area contributed by atoms with E-state index in [1.54, 1.807) is 0 Å². The second kappa shape index (κ2) is 5.50. The van der Waals surface area contributed by atoms with E-state index in [0.717, 1.165) is 16.9 Å². The van der Waals surface area contributed by atoms with Crippen molar-refractivity contribution in [2.75, 3.05) is 5.32 Å². The minimum Gasteiger partial charge on any atom is -0.355 e. The maximum absolute atomic E-state index is 10.8. The van der Waals surface area contributed by atoms with Crippen molar-refractivity contribution in [1.29, 1.82) is 0 Å². The van der Waals surface area contributed by atoms with E-state index < -0.39 is 10.7 Å². The molecule has 3 nitrogen and oxygen atoms in total. The fourth-order valence-corrected chi connectivity index (χ4v) is 2.15. The van der Waals surface area contributed by atoms with Crippen molar-refractivity contribution in [3.63, 3.8) is 0 Å². The van der Waals surface area contributed by atoms with Crippen molar-refractivity contribution in [2.24, 2.45) is 0 Å². The maximum Gasteiger partial charge on any atom is 0.144 e. The highest BCUT2D eigenvalue weighted by molar-refractivity contribution is 7.71. The number of thiol groups is 1. The lowest BCUT2D eigenvalue weighted by Gasteiger charge is -2.09. The molecule has 0 bridgehead atoms. The molecule has 17 heavy (non-hydrogen) atoms. The van der Waals surface area contributed by atoms with E-state index in [1.165, 1.54) is 0 Å². The Labute approximate surface area is 102 Å². The van der Waals surface area contributed by atoms with Gasteiger partial charge in [-0.3, -0.25) is 0 Å². The van der Waals surface area contributed by atoms with E-state index in [1.807, 2.05) is 54.6 Å². The molecule has 0 amide bonds. The quantitative estimate of drug-likeness (QED) is 0.816. The topological polar surface area (TPSA) is 46.2 Å².